The molecular weight excluding hydrogens is 352 g/mol. The Morgan fingerprint density at radius 2 is 1.70 bits per heavy atom. The Morgan fingerprint density at radius 3 is 2.37 bits per heavy atom. The number of carbonyl (C=O) groups excluding carboxylic acids is 1. The number of benzene rings is 2. The summed E-state index contributed by atoms with van der Waals surface area (Å²) < 4.78 is 15.4. The number of hydrogen-bond donors (Lipinski definition) is 3. The van der Waals surface area contributed by atoms with Crippen molar-refractivity contribution in [1.29, 1.82) is 0 Å². The van der Waals surface area contributed by atoms with E-state index in [1.165, 1.54) is 26.4 Å². The Morgan fingerprint density at radius 1 is 1.07 bits per heavy atom. The lowest BCUT2D eigenvalue weighted by atomic mass is 9.83. The highest BCUT2D eigenvalue weighted by atomic mass is 16.5. The van der Waals surface area contributed by atoms with E-state index >= 15 is 0 Å². The van der Waals surface area contributed by atoms with Crippen LogP contribution in [0.5, 0.6) is 23.0 Å². The number of aromatic hydroxyl groups is 2. The van der Waals surface area contributed by atoms with Gasteiger partial charge in [-0.05, 0) is 41.8 Å². The van der Waals surface area contributed by atoms with Crippen molar-refractivity contribution in [2.75, 3.05) is 20.8 Å². The molecule has 3 rings (SSSR count). The lowest BCUT2D eigenvalue weighted by molar-refractivity contribution is -0.141. The first-order valence-electron chi connectivity index (χ1n) is 8.52. The molecule has 0 aromatic heterocycles. The number of phenols is 2. The number of phenolic OH excluding ortho intramolecular Hbond substituents is 2. The molecule has 2 aromatic rings. The molecule has 1 aliphatic heterocycles. The zero-order valence-corrected chi connectivity index (χ0v) is 15.1. The molecular formula is C20H22O7. The van der Waals surface area contributed by atoms with E-state index in [0.29, 0.717) is 17.7 Å². The predicted molar refractivity (Wildman–Crippen MR) is 95.9 cm³/mol. The summed E-state index contributed by atoms with van der Waals surface area (Å²) >= 11 is 0. The van der Waals surface area contributed by atoms with Crippen LogP contribution in [0.25, 0.3) is 0 Å². The molecule has 1 fully saturated rings. The third-order valence-electron chi connectivity index (χ3n) is 4.89. The molecule has 144 valence electrons. The van der Waals surface area contributed by atoms with Gasteiger partial charge in [0.1, 0.15) is 0 Å². The minimum absolute atomic E-state index is 0.0167. The fourth-order valence-corrected chi connectivity index (χ4v) is 3.35. The van der Waals surface area contributed by atoms with Crippen LogP contribution < -0.4 is 9.47 Å². The van der Waals surface area contributed by atoms with Crippen molar-refractivity contribution in [2.24, 2.45) is 11.8 Å². The van der Waals surface area contributed by atoms with E-state index in [9.17, 15) is 20.1 Å². The van der Waals surface area contributed by atoms with Gasteiger partial charge < -0.3 is 29.5 Å². The van der Waals surface area contributed by atoms with Crippen molar-refractivity contribution in [3.05, 3.63) is 47.5 Å². The highest BCUT2D eigenvalue weighted by Crippen LogP contribution is 2.39. The largest absolute Gasteiger partial charge is 0.504 e. The molecule has 0 amide bonds. The van der Waals surface area contributed by atoms with Gasteiger partial charge in [0.05, 0.1) is 32.8 Å². The summed E-state index contributed by atoms with van der Waals surface area (Å²) in [6.45, 7) is 0.100. The van der Waals surface area contributed by atoms with Crippen LogP contribution in [-0.2, 0) is 16.0 Å². The first-order chi connectivity index (χ1) is 12.9. The maximum atomic E-state index is 12.2. The smallest absolute Gasteiger partial charge is 0.309 e. The third kappa shape index (κ3) is 3.78. The Labute approximate surface area is 156 Å². The van der Waals surface area contributed by atoms with Crippen molar-refractivity contribution in [3.63, 3.8) is 0 Å². The van der Waals surface area contributed by atoms with Crippen LogP contribution >= 0.6 is 0 Å². The highest BCUT2D eigenvalue weighted by molar-refractivity contribution is 5.75. The molecule has 0 spiro atoms. The number of aliphatic hydroxyl groups is 1. The first kappa shape index (κ1) is 18.8. The van der Waals surface area contributed by atoms with Crippen LogP contribution in [0.1, 0.15) is 17.2 Å². The second kappa shape index (κ2) is 7.75. The topological polar surface area (TPSA) is 105 Å². The van der Waals surface area contributed by atoms with Crippen molar-refractivity contribution >= 4 is 5.97 Å². The number of cyclic esters (lactones) is 1. The average Bonchev–Trinajstić information content (AvgIpc) is 3.03. The van der Waals surface area contributed by atoms with Gasteiger partial charge in [-0.25, -0.2) is 0 Å². The summed E-state index contributed by atoms with van der Waals surface area (Å²) in [6, 6.07) is 9.44. The zero-order valence-electron chi connectivity index (χ0n) is 15.1. The van der Waals surface area contributed by atoms with Crippen molar-refractivity contribution in [1.82, 2.24) is 0 Å². The Bertz CT molecular complexity index is 833. The van der Waals surface area contributed by atoms with Gasteiger partial charge in [0, 0.05) is 5.92 Å². The number of aliphatic hydroxyl groups excluding tert-OH is 1. The molecule has 3 N–H and O–H groups in total. The van der Waals surface area contributed by atoms with Crippen molar-refractivity contribution in [3.8, 4) is 23.0 Å². The van der Waals surface area contributed by atoms with E-state index in [0.717, 1.165) is 5.56 Å². The maximum Gasteiger partial charge on any atom is 0.309 e. The Hall–Kier alpha value is -2.93. The molecule has 1 heterocycles. The van der Waals surface area contributed by atoms with E-state index in [4.69, 9.17) is 14.2 Å². The van der Waals surface area contributed by atoms with Gasteiger partial charge in [-0.1, -0.05) is 12.1 Å². The molecule has 1 aliphatic rings. The van der Waals surface area contributed by atoms with Gasteiger partial charge in [-0.15, -0.1) is 0 Å². The molecule has 0 saturated carbocycles. The molecule has 1 saturated heterocycles. The van der Waals surface area contributed by atoms with E-state index < -0.39 is 17.9 Å². The van der Waals surface area contributed by atoms with E-state index in [1.54, 1.807) is 24.3 Å². The van der Waals surface area contributed by atoms with Gasteiger partial charge in [-0.3, -0.25) is 4.79 Å². The number of carbonyl (C=O) groups is 1. The molecule has 0 radical (unpaired) electrons. The predicted octanol–water partition coefficient (Wildman–Crippen LogP) is 2.18. The van der Waals surface area contributed by atoms with Gasteiger partial charge in [-0.2, -0.15) is 0 Å². The van der Waals surface area contributed by atoms with Gasteiger partial charge in [0.25, 0.3) is 0 Å². The van der Waals surface area contributed by atoms with E-state index in [1.807, 2.05) is 0 Å². The average molecular weight is 374 g/mol. The van der Waals surface area contributed by atoms with Crippen molar-refractivity contribution in [2.45, 2.75) is 12.5 Å². The van der Waals surface area contributed by atoms with Crippen LogP contribution in [-0.4, -0.2) is 42.1 Å². The fraction of sp³-hybridized carbons (Fsp3) is 0.350. The summed E-state index contributed by atoms with van der Waals surface area (Å²) in [5.41, 5.74) is 1.32. The third-order valence-corrected chi connectivity index (χ3v) is 4.89. The van der Waals surface area contributed by atoms with E-state index in [-0.39, 0.29) is 29.8 Å². The number of methoxy groups -OCH3 is 2. The number of hydrogen-bond acceptors (Lipinski definition) is 7. The molecule has 0 aliphatic carbocycles. The van der Waals surface area contributed by atoms with Crippen LogP contribution in [0, 0.1) is 11.8 Å². The first-order valence-corrected chi connectivity index (χ1v) is 8.52. The number of rotatable bonds is 6. The maximum absolute atomic E-state index is 12.2. The molecule has 27 heavy (non-hydrogen) atoms. The van der Waals surface area contributed by atoms with Crippen LogP contribution in [0.15, 0.2) is 36.4 Å². The van der Waals surface area contributed by atoms with Crippen LogP contribution in [0.2, 0.25) is 0 Å². The molecule has 7 nitrogen and oxygen atoms in total. The van der Waals surface area contributed by atoms with Gasteiger partial charge >= 0.3 is 5.97 Å². The molecule has 7 heteroatoms. The Kier molecular flexibility index (Phi) is 5.41. The highest BCUT2D eigenvalue weighted by Gasteiger charge is 2.41. The standard InChI is InChI=1S/C20H22O7/c1-25-17-8-11(3-5-15(17)21)7-13-14(10-27-20(13)24)19(23)12-4-6-16(22)18(9-12)26-2/h3-6,8-9,13-14,19,21-23H,7,10H2,1-2H3/t13-,14+,19-/m0/s1. The van der Waals surface area contributed by atoms with Crippen molar-refractivity contribution < 1.29 is 34.3 Å². The minimum Gasteiger partial charge on any atom is -0.504 e. The Balaban J connectivity index is 1.83. The normalized spacial score (nSPS) is 20.2. The summed E-state index contributed by atoms with van der Waals surface area (Å²) in [5, 5.41) is 30.3. The quantitative estimate of drug-likeness (QED) is 0.666. The second-order valence-corrected chi connectivity index (χ2v) is 6.49. The molecule has 0 unspecified atom stereocenters. The summed E-state index contributed by atoms with van der Waals surface area (Å²) in [4.78, 5) is 12.2. The molecule has 0 bridgehead atoms. The molecule has 3 atom stereocenters. The fourth-order valence-electron chi connectivity index (χ4n) is 3.35. The summed E-state index contributed by atoms with van der Waals surface area (Å²) in [6.07, 6.45) is -0.623. The summed E-state index contributed by atoms with van der Waals surface area (Å²) in [5.74, 6) is -0.823. The second-order valence-electron chi connectivity index (χ2n) is 6.49. The summed E-state index contributed by atoms with van der Waals surface area (Å²) in [7, 11) is 2.88. The lowest BCUT2D eigenvalue weighted by Crippen LogP contribution is -2.24. The monoisotopic (exact) mass is 374 g/mol. The van der Waals surface area contributed by atoms with Crippen LogP contribution in [0.4, 0.5) is 0 Å². The number of ether oxygens (including phenoxy) is 3. The molecule has 2 aromatic carbocycles. The zero-order chi connectivity index (χ0) is 19.6. The minimum atomic E-state index is -0.963. The van der Waals surface area contributed by atoms with E-state index in [2.05, 4.69) is 0 Å². The lowest BCUT2D eigenvalue weighted by Gasteiger charge is -2.22. The van der Waals surface area contributed by atoms with Gasteiger partial charge in [0.2, 0.25) is 0 Å². The number of esters is 1. The van der Waals surface area contributed by atoms with Crippen LogP contribution in [0.3, 0.4) is 0 Å². The SMILES string of the molecule is COc1cc(C[C@@H]2C(=O)OC[C@H]2[C@@H](O)c2ccc(O)c(OC)c2)ccc1O. The van der Waals surface area contributed by atoms with Gasteiger partial charge in [0.15, 0.2) is 23.0 Å².